The van der Waals surface area contributed by atoms with Crippen LogP contribution in [0.25, 0.3) is 10.8 Å². The summed E-state index contributed by atoms with van der Waals surface area (Å²) >= 11 is 0. The summed E-state index contributed by atoms with van der Waals surface area (Å²) in [5, 5.41) is 5.23. The Morgan fingerprint density at radius 2 is 2.00 bits per heavy atom. The molecular weight excluding hydrogens is 300 g/mol. The SMILES string of the molecule is COc1ccc2ccccc2c1CNC(=O)[C@H](C)c1cccnc1. The van der Waals surface area contributed by atoms with Crippen LogP contribution < -0.4 is 10.1 Å². The van der Waals surface area contributed by atoms with Crippen molar-refractivity contribution in [3.8, 4) is 5.75 Å². The molecule has 0 saturated heterocycles. The summed E-state index contributed by atoms with van der Waals surface area (Å²) in [4.78, 5) is 16.5. The van der Waals surface area contributed by atoms with Gasteiger partial charge in [-0.05, 0) is 35.4 Å². The van der Waals surface area contributed by atoms with Gasteiger partial charge in [-0.1, -0.05) is 36.4 Å². The third kappa shape index (κ3) is 3.23. The molecule has 0 aliphatic carbocycles. The number of benzene rings is 2. The first-order chi connectivity index (χ1) is 11.7. The number of ether oxygens (including phenoxy) is 1. The van der Waals surface area contributed by atoms with Crippen molar-refractivity contribution in [2.75, 3.05) is 7.11 Å². The Kier molecular flexibility index (Phi) is 4.75. The van der Waals surface area contributed by atoms with Gasteiger partial charge in [-0.25, -0.2) is 0 Å². The number of nitrogens with one attached hydrogen (secondary N) is 1. The molecule has 4 nitrogen and oxygen atoms in total. The Hall–Kier alpha value is -2.88. The van der Waals surface area contributed by atoms with Crippen molar-refractivity contribution in [3.05, 3.63) is 72.1 Å². The highest BCUT2D eigenvalue weighted by molar-refractivity contribution is 5.89. The van der Waals surface area contributed by atoms with Crippen molar-refractivity contribution < 1.29 is 9.53 Å². The number of hydrogen-bond donors (Lipinski definition) is 1. The summed E-state index contributed by atoms with van der Waals surface area (Å²) in [5.41, 5.74) is 1.89. The van der Waals surface area contributed by atoms with Crippen LogP contribution in [0.15, 0.2) is 60.9 Å². The van der Waals surface area contributed by atoms with Gasteiger partial charge in [-0.2, -0.15) is 0 Å². The quantitative estimate of drug-likeness (QED) is 0.780. The molecule has 1 amide bonds. The van der Waals surface area contributed by atoms with E-state index in [4.69, 9.17) is 4.74 Å². The van der Waals surface area contributed by atoms with Crippen LogP contribution >= 0.6 is 0 Å². The average Bonchev–Trinajstić information content (AvgIpc) is 2.65. The number of aromatic nitrogens is 1. The van der Waals surface area contributed by atoms with Gasteiger partial charge in [0.15, 0.2) is 0 Å². The molecule has 0 bridgehead atoms. The number of carbonyl (C=O) groups is 1. The number of rotatable bonds is 5. The van der Waals surface area contributed by atoms with Crippen molar-refractivity contribution in [2.24, 2.45) is 0 Å². The molecule has 1 N–H and O–H groups in total. The Bertz CT molecular complexity index is 847. The maximum atomic E-state index is 12.5. The van der Waals surface area contributed by atoms with Crippen molar-refractivity contribution >= 4 is 16.7 Å². The summed E-state index contributed by atoms with van der Waals surface area (Å²) in [7, 11) is 1.65. The normalized spacial score (nSPS) is 11.9. The lowest BCUT2D eigenvalue weighted by molar-refractivity contribution is -0.122. The zero-order valence-corrected chi connectivity index (χ0v) is 13.8. The zero-order chi connectivity index (χ0) is 16.9. The van der Waals surface area contributed by atoms with E-state index in [0.29, 0.717) is 6.54 Å². The average molecular weight is 320 g/mol. The third-order valence-corrected chi connectivity index (χ3v) is 4.23. The van der Waals surface area contributed by atoms with Gasteiger partial charge in [0.1, 0.15) is 5.75 Å². The Morgan fingerprint density at radius 1 is 1.17 bits per heavy atom. The van der Waals surface area contributed by atoms with Crippen molar-refractivity contribution in [1.82, 2.24) is 10.3 Å². The zero-order valence-electron chi connectivity index (χ0n) is 13.8. The van der Waals surface area contributed by atoms with E-state index < -0.39 is 0 Å². The van der Waals surface area contributed by atoms with E-state index in [1.807, 2.05) is 49.4 Å². The van der Waals surface area contributed by atoms with Gasteiger partial charge in [0.2, 0.25) is 5.91 Å². The van der Waals surface area contributed by atoms with Gasteiger partial charge < -0.3 is 10.1 Å². The smallest absolute Gasteiger partial charge is 0.227 e. The molecule has 0 fully saturated rings. The number of nitrogens with zero attached hydrogens (tertiary/aromatic N) is 1. The fourth-order valence-corrected chi connectivity index (χ4v) is 2.80. The maximum Gasteiger partial charge on any atom is 0.227 e. The van der Waals surface area contributed by atoms with Crippen LogP contribution in [0.4, 0.5) is 0 Å². The van der Waals surface area contributed by atoms with E-state index in [0.717, 1.165) is 27.6 Å². The number of pyridine rings is 1. The second-order valence-electron chi connectivity index (χ2n) is 5.69. The van der Waals surface area contributed by atoms with E-state index in [-0.39, 0.29) is 11.8 Å². The highest BCUT2D eigenvalue weighted by Gasteiger charge is 2.16. The molecule has 0 aliphatic rings. The number of carbonyl (C=O) groups excluding carboxylic acids is 1. The number of fused-ring (bicyclic) bond motifs is 1. The van der Waals surface area contributed by atoms with Gasteiger partial charge in [0.05, 0.1) is 13.0 Å². The van der Waals surface area contributed by atoms with Gasteiger partial charge in [0.25, 0.3) is 0 Å². The van der Waals surface area contributed by atoms with Crippen LogP contribution in [0, 0.1) is 0 Å². The molecule has 1 aromatic heterocycles. The van der Waals surface area contributed by atoms with E-state index in [2.05, 4.69) is 16.4 Å². The minimum atomic E-state index is -0.250. The maximum absolute atomic E-state index is 12.5. The summed E-state index contributed by atoms with van der Waals surface area (Å²) in [6.07, 6.45) is 3.43. The van der Waals surface area contributed by atoms with E-state index in [1.54, 1.807) is 19.5 Å². The molecule has 0 radical (unpaired) electrons. The molecule has 0 spiro atoms. The summed E-state index contributed by atoms with van der Waals surface area (Å²) in [5.74, 6) is 0.501. The highest BCUT2D eigenvalue weighted by Crippen LogP contribution is 2.28. The van der Waals surface area contributed by atoms with E-state index in [1.165, 1.54) is 0 Å². The van der Waals surface area contributed by atoms with Gasteiger partial charge in [-0.15, -0.1) is 0 Å². The fourth-order valence-electron chi connectivity index (χ4n) is 2.80. The van der Waals surface area contributed by atoms with Crippen molar-refractivity contribution in [1.29, 1.82) is 0 Å². The number of amides is 1. The molecule has 24 heavy (non-hydrogen) atoms. The second-order valence-corrected chi connectivity index (χ2v) is 5.69. The first kappa shape index (κ1) is 16.0. The number of methoxy groups -OCH3 is 1. The van der Waals surface area contributed by atoms with Crippen LogP contribution in [-0.2, 0) is 11.3 Å². The fraction of sp³-hybridized carbons (Fsp3) is 0.200. The molecule has 3 aromatic rings. The lowest BCUT2D eigenvalue weighted by atomic mass is 10.0. The van der Waals surface area contributed by atoms with Crippen LogP contribution in [0.1, 0.15) is 24.0 Å². The predicted molar refractivity (Wildman–Crippen MR) is 95.0 cm³/mol. The molecule has 2 aromatic carbocycles. The molecule has 1 heterocycles. The first-order valence-electron chi connectivity index (χ1n) is 7.93. The predicted octanol–water partition coefficient (Wildman–Crippen LogP) is 3.66. The lowest BCUT2D eigenvalue weighted by Crippen LogP contribution is -2.27. The summed E-state index contributed by atoms with van der Waals surface area (Å²) < 4.78 is 5.47. The highest BCUT2D eigenvalue weighted by atomic mass is 16.5. The largest absolute Gasteiger partial charge is 0.496 e. The molecule has 1 atom stereocenters. The summed E-state index contributed by atoms with van der Waals surface area (Å²) in [6, 6.07) is 15.8. The van der Waals surface area contributed by atoms with Gasteiger partial charge in [-0.3, -0.25) is 9.78 Å². The van der Waals surface area contributed by atoms with Gasteiger partial charge >= 0.3 is 0 Å². The lowest BCUT2D eigenvalue weighted by Gasteiger charge is -2.15. The summed E-state index contributed by atoms with van der Waals surface area (Å²) in [6.45, 7) is 2.31. The van der Waals surface area contributed by atoms with Gasteiger partial charge in [0, 0.05) is 24.5 Å². The Balaban J connectivity index is 1.81. The van der Waals surface area contributed by atoms with Crippen molar-refractivity contribution in [2.45, 2.75) is 19.4 Å². The molecular formula is C20H20N2O2. The van der Waals surface area contributed by atoms with Crippen LogP contribution in [-0.4, -0.2) is 18.0 Å². The minimum Gasteiger partial charge on any atom is -0.496 e. The minimum absolute atomic E-state index is 0.0296. The molecule has 122 valence electrons. The molecule has 0 saturated carbocycles. The topological polar surface area (TPSA) is 51.2 Å². The Morgan fingerprint density at radius 3 is 2.75 bits per heavy atom. The molecule has 0 aliphatic heterocycles. The monoisotopic (exact) mass is 320 g/mol. The molecule has 4 heteroatoms. The Labute approximate surface area is 141 Å². The van der Waals surface area contributed by atoms with Crippen molar-refractivity contribution in [3.63, 3.8) is 0 Å². The molecule has 0 unspecified atom stereocenters. The second kappa shape index (κ2) is 7.13. The van der Waals surface area contributed by atoms with Crippen LogP contribution in [0.5, 0.6) is 5.75 Å². The first-order valence-corrected chi connectivity index (χ1v) is 7.93. The molecule has 3 rings (SSSR count). The van der Waals surface area contributed by atoms with Crippen LogP contribution in [0.2, 0.25) is 0 Å². The number of hydrogen-bond acceptors (Lipinski definition) is 3. The standard InChI is InChI=1S/C20H20N2O2/c1-14(16-7-5-11-21-12-16)20(23)22-13-18-17-8-4-3-6-15(17)9-10-19(18)24-2/h3-12,14H,13H2,1-2H3,(H,22,23)/t14-/m1/s1. The third-order valence-electron chi connectivity index (χ3n) is 4.23. The van der Waals surface area contributed by atoms with Crippen LogP contribution in [0.3, 0.4) is 0 Å². The van der Waals surface area contributed by atoms with E-state index >= 15 is 0 Å². The van der Waals surface area contributed by atoms with E-state index in [9.17, 15) is 4.79 Å².